The number of hydrogen-bond acceptors (Lipinski definition) is 5. The molecule has 25 heavy (non-hydrogen) atoms. The van der Waals surface area contributed by atoms with Crippen LogP contribution in [-0.2, 0) is 0 Å². The first kappa shape index (κ1) is 16.0. The zero-order chi connectivity index (χ0) is 17.4. The minimum atomic E-state index is -0.492. The molecule has 0 radical (unpaired) electrons. The fraction of sp³-hybridized carbons (Fsp3) is 0.368. The van der Waals surface area contributed by atoms with Gasteiger partial charge in [-0.3, -0.25) is 9.78 Å². The number of hydrogen-bond donors (Lipinski definition) is 1. The first-order chi connectivity index (χ1) is 12.1. The standard InChI is InChI=1S/C19H20FN3O2/c1-12-11-23(5-4-22-12)15-2-3-18-16(7-15)17(24)8-19(25-18)13-6-14(20)10-21-9-13/h2-3,6-7,9-10,12,19,22H,4-5,8,11H2,1H3/t12-,19?/m0/s1. The third kappa shape index (κ3) is 3.22. The Balaban J connectivity index is 1.60. The number of pyridine rings is 1. The van der Waals surface area contributed by atoms with Crippen molar-refractivity contribution >= 4 is 11.5 Å². The van der Waals surface area contributed by atoms with Crippen molar-refractivity contribution in [1.82, 2.24) is 10.3 Å². The zero-order valence-electron chi connectivity index (χ0n) is 14.0. The summed E-state index contributed by atoms with van der Waals surface area (Å²) in [5.41, 5.74) is 2.22. The van der Waals surface area contributed by atoms with Gasteiger partial charge in [0.1, 0.15) is 17.7 Å². The van der Waals surface area contributed by atoms with E-state index < -0.39 is 11.9 Å². The number of piperazine rings is 1. The van der Waals surface area contributed by atoms with Crippen molar-refractivity contribution in [3.8, 4) is 5.75 Å². The van der Waals surface area contributed by atoms with Gasteiger partial charge in [0.2, 0.25) is 0 Å². The van der Waals surface area contributed by atoms with E-state index in [-0.39, 0.29) is 12.2 Å². The maximum atomic E-state index is 13.4. The SMILES string of the molecule is C[C@H]1CN(c2ccc3c(c2)C(=O)CC(c2cncc(F)c2)O3)CCN1. The van der Waals surface area contributed by atoms with Crippen LogP contribution in [0.2, 0.25) is 0 Å². The summed E-state index contributed by atoms with van der Waals surface area (Å²) in [5, 5.41) is 3.41. The number of benzene rings is 1. The highest BCUT2D eigenvalue weighted by Crippen LogP contribution is 2.37. The molecule has 1 fully saturated rings. The van der Waals surface area contributed by atoms with Crippen LogP contribution in [0.1, 0.15) is 35.4 Å². The first-order valence-electron chi connectivity index (χ1n) is 8.53. The quantitative estimate of drug-likeness (QED) is 0.910. The van der Waals surface area contributed by atoms with Gasteiger partial charge in [-0.1, -0.05) is 0 Å². The maximum Gasteiger partial charge on any atom is 0.170 e. The van der Waals surface area contributed by atoms with Crippen molar-refractivity contribution in [3.63, 3.8) is 0 Å². The molecule has 6 heteroatoms. The average molecular weight is 341 g/mol. The van der Waals surface area contributed by atoms with Gasteiger partial charge in [-0.25, -0.2) is 4.39 Å². The molecule has 1 unspecified atom stereocenters. The average Bonchev–Trinajstić information content (AvgIpc) is 2.61. The minimum absolute atomic E-state index is 0.0144. The van der Waals surface area contributed by atoms with Gasteiger partial charge in [0.15, 0.2) is 5.78 Å². The van der Waals surface area contributed by atoms with Gasteiger partial charge in [-0.05, 0) is 31.2 Å². The number of ether oxygens (including phenoxy) is 1. The highest BCUT2D eigenvalue weighted by Gasteiger charge is 2.29. The van der Waals surface area contributed by atoms with Gasteiger partial charge in [0, 0.05) is 43.1 Å². The largest absolute Gasteiger partial charge is 0.484 e. The first-order valence-corrected chi connectivity index (χ1v) is 8.53. The fourth-order valence-corrected chi connectivity index (χ4v) is 3.47. The van der Waals surface area contributed by atoms with Crippen LogP contribution in [0.4, 0.5) is 10.1 Å². The van der Waals surface area contributed by atoms with E-state index in [1.807, 2.05) is 18.2 Å². The van der Waals surface area contributed by atoms with Crippen LogP contribution in [0.5, 0.6) is 5.75 Å². The van der Waals surface area contributed by atoms with Crippen LogP contribution in [0.25, 0.3) is 0 Å². The number of ketones is 1. The molecular formula is C19H20FN3O2. The molecular weight excluding hydrogens is 321 g/mol. The van der Waals surface area contributed by atoms with E-state index >= 15 is 0 Å². The van der Waals surface area contributed by atoms with Gasteiger partial charge in [-0.2, -0.15) is 0 Å². The van der Waals surface area contributed by atoms with E-state index in [9.17, 15) is 9.18 Å². The van der Waals surface area contributed by atoms with Crippen LogP contribution < -0.4 is 15.0 Å². The molecule has 130 valence electrons. The molecule has 1 N–H and O–H groups in total. The number of carbonyl (C=O) groups excluding carboxylic acids is 1. The van der Waals surface area contributed by atoms with Crippen molar-refractivity contribution < 1.29 is 13.9 Å². The molecule has 0 spiro atoms. The molecule has 2 aromatic rings. The molecule has 1 saturated heterocycles. The molecule has 2 atom stereocenters. The van der Waals surface area contributed by atoms with E-state index in [2.05, 4.69) is 22.1 Å². The number of halogens is 1. The lowest BCUT2D eigenvalue weighted by atomic mass is 9.96. The highest BCUT2D eigenvalue weighted by molar-refractivity contribution is 6.00. The van der Waals surface area contributed by atoms with Crippen molar-refractivity contribution in [2.24, 2.45) is 0 Å². The molecule has 0 aliphatic carbocycles. The normalized spacial score (nSPS) is 23.1. The molecule has 0 saturated carbocycles. The van der Waals surface area contributed by atoms with Crippen LogP contribution in [-0.4, -0.2) is 36.4 Å². The number of aromatic nitrogens is 1. The Morgan fingerprint density at radius 1 is 1.32 bits per heavy atom. The Morgan fingerprint density at radius 3 is 3.00 bits per heavy atom. The second-order valence-corrected chi connectivity index (χ2v) is 6.65. The summed E-state index contributed by atoms with van der Waals surface area (Å²) in [5.74, 6) is 0.139. The Morgan fingerprint density at radius 2 is 2.20 bits per heavy atom. The van der Waals surface area contributed by atoms with Crippen LogP contribution >= 0.6 is 0 Å². The van der Waals surface area contributed by atoms with Crippen molar-refractivity contribution in [3.05, 3.63) is 53.6 Å². The zero-order valence-corrected chi connectivity index (χ0v) is 14.0. The van der Waals surface area contributed by atoms with Crippen LogP contribution in [0, 0.1) is 5.82 Å². The summed E-state index contributed by atoms with van der Waals surface area (Å²) in [6, 6.07) is 7.52. The lowest BCUT2D eigenvalue weighted by Gasteiger charge is -2.34. The van der Waals surface area contributed by atoms with Gasteiger partial charge < -0.3 is 15.0 Å². The smallest absolute Gasteiger partial charge is 0.170 e. The summed E-state index contributed by atoms with van der Waals surface area (Å²) in [6.45, 7) is 4.90. The summed E-state index contributed by atoms with van der Waals surface area (Å²) < 4.78 is 19.3. The lowest BCUT2D eigenvalue weighted by Crippen LogP contribution is -2.49. The third-order valence-corrected chi connectivity index (χ3v) is 4.74. The van der Waals surface area contributed by atoms with Crippen molar-refractivity contribution in [1.29, 1.82) is 0 Å². The Hall–Kier alpha value is -2.47. The third-order valence-electron chi connectivity index (χ3n) is 4.74. The molecule has 2 aliphatic heterocycles. The molecule has 1 aromatic carbocycles. The van der Waals surface area contributed by atoms with Gasteiger partial charge in [0.25, 0.3) is 0 Å². The molecule has 1 aromatic heterocycles. The molecule has 0 bridgehead atoms. The summed E-state index contributed by atoms with van der Waals surface area (Å²) in [6.07, 6.45) is 2.39. The van der Waals surface area contributed by atoms with Crippen molar-refractivity contribution in [2.45, 2.75) is 25.5 Å². The highest BCUT2D eigenvalue weighted by atomic mass is 19.1. The molecule has 2 aliphatic rings. The molecule has 0 amide bonds. The van der Waals surface area contributed by atoms with Gasteiger partial charge in [-0.15, -0.1) is 0 Å². The van der Waals surface area contributed by atoms with E-state index in [0.29, 0.717) is 22.9 Å². The fourth-order valence-electron chi connectivity index (χ4n) is 3.47. The minimum Gasteiger partial charge on any atom is -0.484 e. The predicted molar refractivity (Wildman–Crippen MR) is 92.6 cm³/mol. The van der Waals surface area contributed by atoms with Gasteiger partial charge >= 0.3 is 0 Å². The maximum absolute atomic E-state index is 13.4. The molecule has 5 nitrogen and oxygen atoms in total. The van der Waals surface area contributed by atoms with Crippen LogP contribution in [0.3, 0.4) is 0 Å². The predicted octanol–water partition coefficient (Wildman–Crippen LogP) is 2.73. The Kier molecular flexibility index (Phi) is 4.13. The summed E-state index contributed by atoms with van der Waals surface area (Å²) in [7, 11) is 0. The molecule has 4 rings (SSSR count). The van der Waals surface area contributed by atoms with E-state index in [1.54, 1.807) is 6.20 Å². The van der Waals surface area contributed by atoms with E-state index in [0.717, 1.165) is 31.5 Å². The number of rotatable bonds is 2. The lowest BCUT2D eigenvalue weighted by molar-refractivity contribution is 0.0849. The number of carbonyl (C=O) groups is 1. The number of nitrogens with zero attached hydrogens (tertiary/aromatic N) is 2. The van der Waals surface area contributed by atoms with Crippen molar-refractivity contribution in [2.75, 3.05) is 24.5 Å². The summed E-state index contributed by atoms with van der Waals surface area (Å²) in [4.78, 5) is 18.7. The van der Waals surface area contributed by atoms with E-state index in [4.69, 9.17) is 4.74 Å². The second-order valence-electron chi connectivity index (χ2n) is 6.65. The Bertz CT molecular complexity index is 811. The monoisotopic (exact) mass is 341 g/mol. The number of Topliss-reactive ketones (excluding diaryl/α,β-unsaturated/α-hetero) is 1. The summed E-state index contributed by atoms with van der Waals surface area (Å²) >= 11 is 0. The second kappa shape index (κ2) is 6.44. The van der Waals surface area contributed by atoms with Crippen LogP contribution in [0.15, 0.2) is 36.7 Å². The number of nitrogens with one attached hydrogen (secondary N) is 1. The molecule has 3 heterocycles. The van der Waals surface area contributed by atoms with Gasteiger partial charge in [0.05, 0.1) is 18.2 Å². The van der Waals surface area contributed by atoms with E-state index in [1.165, 1.54) is 6.07 Å². The number of anilines is 1. The topological polar surface area (TPSA) is 54.5 Å². The Labute approximate surface area is 145 Å². The number of fused-ring (bicyclic) bond motifs is 1.